The van der Waals surface area contributed by atoms with Crippen molar-refractivity contribution in [1.29, 1.82) is 0 Å². The molecule has 0 aromatic heterocycles. The summed E-state index contributed by atoms with van der Waals surface area (Å²) in [5.41, 5.74) is 0.316. The van der Waals surface area contributed by atoms with Gasteiger partial charge in [-0.15, -0.1) is 0 Å². The monoisotopic (exact) mass is 304 g/mol. The second-order valence-corrected chi connectivity index (χ2v) is 5.86. The van der Waals surface area contributed by atoms with Gasteiger partial charge in [-0.2, -0.15) is 0 Å². The van der Waals surface area contributed by atoms with Crippen molar-refractivity contribution in [2.75, 3.05) is 26.2 Å². The molecular weight excluding hydrogens is 280 g/mol. The Morgan fingerprint density at radius 3 is 2.73 bits per heavy atom. The van der Waals surface area contributed by atoms with Gasteiger partial charge in [0.15, 0.2) is 5.60 Å². The Hall–Kier alpha value is -1.88. The van der Waals surface area contributed by atoms with Crippen LogP contribution in [0.4, 0.5) is 0 Å². The molecule has 1 heterocycles. The Bertz CT molecular complexity index is 518. The van der Waals surface area contributed by atoms with Crippen LogP contribution in [0, 0.1) is 0 Å². The van der Waals surface area contributed by atoms with E-state index in [-0.39, 0.29) is 11.8 Å². The third-order valence-corrected chi connectivity index (χ3v) is 3.97. The minimum Gasteiger partial charge on any atom is -0.362 e. The number of amides is 2. The van der Waals surface area contributed by atoms with Gasteiger partial charge in [0, 0.05) is 20.0 Å². The van der Waals surface area contributed by atoms with E-state index in [0.29, 0.717) is 26.2 Å². The standard InChI is InChI=1S/C17H24N2O3/c1-14(20)19-11-12-22-17(2,13-19)16(21)18-10-6-9-15-7-4-3-5-8-15/h3-5,7-8H,6,9-13H2,1-2H3,(H,18,21)/t17-/m1/s1. The SMILES string of the molecule is CC(=O)N1CCO[C@@](C)(C(=O)NCCCc2ccccc2)C1. The van der Waals surface area contributed by atoms with Crippen molar-refractivity contribution in [3.8, 4) is 0 Å². The number of carbonyl (C=O) groups excluding carboxylic acids is 2. The number of nitrogens with one attached hydrogen (secondary N) is 1. The minimum absolute atomic E-state index is 0.0218. The highest BCUT2D eigenvalue weighted by Crippen LogP contribution is 2.18. The fraction of sp³-hybridized carbons (Fsp3) is 0.529. The summed E-state index contributed by atoms with van der Waals surface area (Å²) in [6, 6.07) is 10.2. The van der Waals surface area contributed by atoms with Crippen LogP contribution < -0.4 is 5.32 Å². The molecule has 2 amide bonds. The summed E-state index contributed by atoms with van der Waals surface area (Å²) in [4.78, 5) is 25.5. The maximum Gasteiger partial charge on any atom is 0.253 e. The van der Waals surface area contributed by atoms with Crippen molar-refractivity contribution in [2.45, 2.75) is 32.3 Å². The second kappa shape index (κ2) is 7.40. The summed E-state index contributed by atoms with van der Waals surface area (Å²) < 4.78 is 5.62. The third-order valence-electron chi connectivity index (χ3n) is 3.97. The van der Waals surface area contributed by atoms with Crippen LogP contribution in [0.5, 0.6) is 0 Å². The normalized spacial score (nSPS) is 21.5. The van der Waals surface area contributed by atoms with Gasteiger partial charge in [0.2, 0.25) is 5.91 Å². The molecule has 0 bridgehead atoms. The number of ether oxygens (including phenoxy) is 1. The van der Waals surface area contributed by atoms with Crippen LogP contribution in [0.15, 0.2) is 30.3 Å². The molecule has 1 fully saturated rings. The first kappa shape index (κ1) is 16.5. The predicted molar refractivity (Wildman–Crippen MR) is 84.4 cm³/mol. The predicted octanol–water partition coefficient (Wildman–Crippen LogP) is 1.37. The van der Waals surface area contributed by atoms with Crippen LogP contribution in [0.25, 0.3) is 0 Å². The highest BCUT2D eigenvalue weighted by Gasteiger charge is 2.39. The van der Waals surface area contributed by atoms with E-state index in [1.807, 2.05) is 18.2 Å². The van der Waals surface area contributed by atoms with E-state index in [1.54, 1.807) is 11.8 Å². The summed E-state index contributed by atoms with van der Waals surface area (Å²) in [6.07, 6.45) is 1.81. The zero-order valence-corrected chi connectivity index (χ0v) is 13.3. The summed E-state index contributed by atoms with van der Waals surface area (Å²) in [6.45, 7) is 5.12. The Morgan fingerprint density at radius 2 is 2.05 bits per heavy atom. The molecule has 5 nitrogen and oxygen atoms in total. The lowest BCUT2D eigenvalue weighted by molar-refractivity contribution is -0.162. The van der Waals surface area contributed by atoms with Crippen LogP contribution in [-0.4, -0.2) is 48.6 Å². The quantitative estimate of drug-likeness (QED) is 0.836. The number of hydrogen-bond acceptors (Lipinski definition) is 3. The molecule has 2 rings (SSSR count). The van der Waals surface area contributed by atoms with E-state index in [4.69, 9.17) is 4.74 Å². The molecule has 1 saturated heterocycles. The van der Waals surface area contributed by atoms with Crippen molar-refractivity contribution < 1.29 is 14.3 Å². The van der Waals surface area contributed by atoms with Crippen LogP contribution in [-0.2, 0) is 20.7 Å². The number of carbonyl (C=O) groups is 2. The van der Waals surface area contributed by atoms with Crippen LogP contribution >= 0.6 is 0 Å². The lowest BCUT2D eigenvalue weighted by Gasteiger charge is -2.38. The summed E-state index contributed by atoms with van der Waals surface area (Å²) in [5.74, 6) is -0.169. The lowest BCUT2D eigenvalue weighted by atomic mass is 10.0. The first-order chi connectivity index (χ1) is 10.5. The molecule has 22 heavy (non-hydrogen) atoms. The van der Waals surface area contributed by atoms with E-state index in [1.165, 1.54) is 12.5 Å². The summed E-state index contributed by atoms with van der Waals surface area (Å²) in [5, 5.41) is 2.92. The second-order valence-electron chi connectivity index (χ2n) is 5.86. The zero-order valence-electron chi connectivity index (χ0n) is 13.3. The fourth-order valence-electron chi connectivity index (χ4n) is 2.60. The van der Waals surface area contributed by atoms with E-state index in [0.717, 1.165) is 12.8 Å². The maximum absolute atomic E-state index is 12.3. The van der Waals surface area contributed by atoms with Gasteiger partial charge in [-0.1, -0.05) is 30.3 Å². The first-order valence-corrected chi connectivity index (χ1v) is 7.73. The van der Waals surface area contributed by atoms with Crippen LogP contribution in [0.3, 0.4) is 0 Å². The number of morpholine rings is 1. The molecule has 1 aliphatic heterocycles. The third kappa shape index (κ3) is 4.31. The van der Waals surface area contributed by atoms with E-state index in [2.05, 4.69) is 17.4 Å². The van der Waals surface area contributed by atoms with Crippen molar-refractivity contribution >= 4 is 11.8 Å². The minimum atomic E-state index is -0.948. The first-order valence-electron chi connectivity index (χ1n) is 7.73. The van der Waals surface area contributed by atoms with Crippen molar-refractivity contribution in [3.05, 3.63) is 35.9 Å². The number of nitrogens with zero attached hydrogens (tertiary/aromatic N) is 1. The number of aryl methyl sites for hydroxylation is 1. The fourth-order valence-corrected chi connectivity index (χ4v) is 2.60. The van der Waals surface area contributed by atoms with E-state index in [9.17, 15) is 9.59 Å². The lowest BCUT2D eigenvalue weighted by Crippen LogP contribution is -2.59. The molecule has 1 atom stereocenters. The Morgan fingerprint density at radius 1 is 1.32 bits per heavy atom. The molecule has 0 unspecified atom stereocenters. The molecule has 1 aliphatic rings. The Kier molecular flexibility index (Phi) is 5.55. The zero-order chi connectivity index (χ0) is 16.0. The summed E-state index contributed by atoms with van der Waals surface area (Å²) >= 11 is 0. The molecule has 0 saturated carbocycles. The number of benzene rings is 1. The van der Waals surface area contributed by atoms with Gasteiger partial charge >= 0.3 is 0 Å². The van der Waals surface area contributed by atoms with Gasteiger partial charge in [-0.05, 0) is 25.3 Å². The average molecular weight is 304 g/mol. The van der Waals surface area contributed by atoms with Gasteiger partial charge < -0.3 is 15.0 Å². The molecular formula is C17H24N2O3. The van der Waals surface area contributed by atoms with Gasteiger partial charge in [0.1, 0.15) is 0 Å². The maximum atomic E-state index is 12.3. The van der Waals surface area contributed by atoms with E-state index >= 15 is 0 Å². The molecule has 1 aromatic rings. The molecule has 0 spiro atoms. The van der Waals surface area contributed by atoms with Crippen molar-refractivity contribution in [2.24, 2.45) is 0 Å². The van der Waals surface area contributed by atoms with Crippen molar-refractivity contribution in [3.63, 3.8) is 0 Å². The highest BCUT2D eigenvalue weighted by atomic mass is 16.5. The van der Waals surface area contributed by atoms with Crippen LogP contribution in [0.2, 0.25) is 0 Å². The highest BCUT2D eigenvalue weighted by molar-refractivity contribution is 5.86. The smallest absolute Gasteiger partial charge is 0.253 e. The van der Waals surface area contributed by atoms with Crippen LogP contribution in [0.1, 0.15) is 25.8 Å². The van der Waals surface area contributed by atoms with Gasteiger partial charge in [0.25, 0.3) is 5.91 Å². The van der Waals surface area contributed by atoms with Crippen molar-refractivity contribution in [1.82, 2.24) is 10.2 Å². The Labute approximate surface area is 131 Å². The molecule has 1 aromatic carbocycles. The van der Waals surface area contributed by atoms with E-state index < -0.39 is 5.60 Å². The number of rotatable bonds is 5. The van der Waals surface area contributed by atoms with Gasteiger partial charge in [-0.25, -0.2) is 0 Å². The Balaban J connectivity index is 1.77. The number of hydrogen-bond donors (Lipinski definition) is 1. The molecule has 0 aliphatic carbocycles. The molecule has 1 N–H and O–H groups in total. The topological polar surface area (TPSA) is 58.6 Å². The average Bonchev–Trinajstić information content (AvgIpc) is 2.52. The molecule has 5 heteroatoms. The van der Waals surface area contributed by atoms with Gasteiger partial charge in [0.05, 0.1) is 13.2 Å². The van der Waals surface area contributed by atoms with Gasteiger partial charge in [-0.3, -0.25) is 9.59 Å². The summed E-state index contributed by atoms with van der Waals surface area (Å²) in [7, 11) is 0. The molecule has 0 radical (unpaired) electrons. The molecule has 120 valence electrons. The largest absolute Gasteiger partial charge is 0.362 e.